The lowest BCUT2D eigenvalue weighted by molar-refractivity contribution is 0.660. The molecule has 21 rings (SSSR count). The minimum Gasteiger partial charge on any atom is -0.309 e. The summed E-state index contributed by atoms with van der Waals surface area (Å²) >= 11 is 3.64. The molecule has 0 bridgehead atoms. The van der Waals surface area contributed by atoms with Crippen molar-refractivity contribution in [2.24, 2.45) is 0 Å². The number of benzene rings is 13. The Morgan fingerprint density at radius 1 is 0.280 bits per heavy atom. The van der Waals surface area contributed by atoms with Gasteiger partial charge in [0.05, 0.1) is 56.2 Å². The highest BCUT2D eigenvalue weighted by atomic mass is 32.1. The van der Waals surface area contributed by atoms with Gasteiger partial charge in [-0.15, -0.1) is 22.7 Å². The van der Waals surface area contributed by atoms with Crippen LogP contribution in [0.1, 0.15) is 25.0 Å². The second kappa shape index (κ2) is 25.0. The molecule has 0 amide bonds. The maximum Gasteiger partial charge on any atom is 0.160 e. The SMILES string of the molecule is CC1(C)c2ccccc2-c2c(-c3cc(-c4ccc(-c5cc6ccccc6s5)cc4)nc(-c4ccc5c(c4)c4ccccc4n5-c4ccccc4-c4ccc(-c5ccc(-c6cc(-c7ccc(-c8cc9ccccc9s8)cc7)nc(-c7ccc8c(c7)c7ccccc7n8-c7ccccc7)n6)cc5)cn4)n3)cccc21. The van der Waals surface area contributed by atoms with E-state index < -0.39 is 0 Å². The van der Waals surface area contributed by atoms with Crippen LogP contribution in [0.2, 0.25) is 0 Å². The molecular formula is C98H63N7S2. The maximum absolute atomic E-state index is 5.57. The molecule has 0 unspecified atom stereocenters. The van der Waals surface area contributed by atoms with Crippen molar-refractivity contribution < 1.29 is 0 Å². The molecule has 0 atom stereocenters. The lowest BCUT2D eigenvalue weighted by Gasteiger charge is -2.21. The second-order valence-corrected chi connectivity index (χ2v) is 30.5. The third-order valence-corrected chi connectivity index (χ3v) is 24.0. The van der Waals surface area contributed by atoms with E-state index in [1.165, 1.54) is 68.7 Å². The Bertz CT molecular complexity index is 6880. The summed E-state index contributed by atoms with van der Waals surface area (Å²) in [6.45, 7) is 4.67. The molecule has 0 aliphatic heterocycles. The van der Waals surface area contributed by atoms with Crippen LogP contribution in [-0.2, 0) is 5.41 Å². The molecule has 502 valence electrons. The van der Waals surface area contributed by atoms with Crippen molar-refractivity contribution in [3.63, 3.8) is 0 Å². The standard InChI is InChI=1S/C98H63N7S2/c1-98(2)79-28-12-8-25-74(79)95-76(27-18-29-80(95)98)85-58-84(63-41-45-65(46-42-63)94-56-67-20-7-17-34-92(67)107-94)102-97(103-85)69-49-52-90-78(54-69)73-24-10-14-31-87(73)105(90)88-32-15-11-26-75(88)81-50-47-70(59-99-81)60-35-37-61(38-36-60)82-57-83(62-39-43-64(44-40-62)93-55-66-19-6-16-33-91(66)106-93)101-96(100-82)68-48-51-89-77(53-68)72-23-9-13-30-86(72)104(89)71-21-4-3-5-22-71/h3-59H,1-2H3. The molecule has 20 aromatic rings. The molecule has 7 heterocycles. The van der Waals surface area contributed by atoms with Crippen molar-refractivity contribution in [2.45, 2.75) is 19.3 Å². The third kappa shape index (κ3) is 10.6. The number of para-hydroxylation sites is 4. The Morgan fingerprint density at radius 2 is 0.720 bits per heavy atom. The number of nitrogens with zero attached hydrogens (tertiary/aromatic N) is 7. The molecule has 0 N–H and O–H groups in total. The molecule has 1 aliphatic carbocycles. The Hall–Kier alpha value is -13.3. The highest BCUT2D eigenvalue weighted by molar-refractivity contribution is 7.22. The van der Waals surface area contributed by atoms with Crippen LogP contribution in [0.15, 0.2) is 346 Å². The third-order valence-electron chi connectivity index (χ3n) is 21.7. The predicted molar refractivity (Wildman–Crippen MR) is 447 cm³/mol. The summed E-state index contributed by atoms with van der Waals surface area (Å²) in [5, 5.41) is 7.08. The fourth-order valence-corrected chi connectivity index (χ4v) is 18.5. The van der Waals surface area contributed by atoms with Crippen LogP contribution < -0.4 is 0 Å². The molecule has 13 aromatic carbocycles. The lowest BCUT2D eigenvalue weighted by Crippen LogP contribution is -2.14. The molecular weight excluding hydrogens is 1340 g/mol. The maximum atomic E-state index is 5.57. The molecule has 7 aromatic heterocycles. The first-order chi connectivity index (χ1) is 52.7. The zero-order chi connectivity index (χ0) is 70.8. The van der Waals surface area contributed by atoms with Gasteiger partial charge in [0.15, 0.2) is 11.6 Å². The number of aromatic nitrogens is 7. The zero-order valence-electron chi connectivity index (χ0n) is 58.4. The Morgan fingerprint density at radius 3 is 1.31 bits per heavy atom. The van der Waals surface area contributed by atoms with Crippen LogP contribution in [0, 0.1) is 0 Å². The highest BCUT2D eigenvalue weighted by Gasteiger charge is 2.37. The van der Waals surface area contributed by atoms with Crippen molar-refractivity contribution in [1.82, 2.24) is 34.1 Å². The van der Waals surface area contributed by atoms with Crippen molar-refractivity contribution >= 4 is 86.5 Å². The van der Waals surface area contributed by atoms with Crippen molar-refractivity contribution in [1.29, 1.82) is 0 Å². The van der Waals surface area contributed by atoms with Gasteiger partial charge < -0.3 is 9.13 Å². The van der Waals surface area contributed by atoms with Crippen LogP contribution in [0.3, 0.4) is 0 Å². The van der Waals surface area contributed by atoms with E-state index in [-0.39, 0.29) is 5.41 Å². The summed E-state index contributed by atoms with van der Waals surface area (Å²) in [6.07, 6.45) is 2.00. The van der Waals surface area contributed by atoms with Gasteiger partial charge in [-0.3, -0.25) is 4.98 Å². The molecule has 0 saturated heterocycles. The summed E-state index contributed by atoms with van der Waals surface area (Å²) in [7, 11) is 0. The topological polar surface area (TPSA) is 74.3 Å². The first-order valence-electron chi connectivity index (χ1n) is 36.2. The minimum atomic E-state index is -0.169. The largest absolute Gasteiger partial charge is 0.309 e. The van der Waals surface area contributed by atoms with Crippen LogP contribution in [-0.4, -0.2) is 34.1 Å². The smallest absolute Gasteiger partial charge is 0.160 e. The van der Waals surface area contributed by atoms with Gasteiger partial charge in [0, 0.05) is 103 Å². The van der Waals surface area contributed by atoms with Crippen LogP contribution in [0.4, 0.5) is 0 Å². The molecule has 9 heteroatoms. The average molecular weight is 1400 g/mol. The second-order valence-electron chi connectivity index (χ2n) is 28.3. The Balaban J connectivity index is 0.620. The van der Waals surface area contributed by atoms with E-state index >= 15 is 0 Å². The van der Waals surface area contributed by atoms with Gasteiger partial charge in [0.1, 0.15) is 0 Å². The Labute approximate surface area is 626 Å². The van der Waals surface area contributed by atoms with Gasteiger partial charge in [0.2, 0.25) is 0 Å². The van der Waals surface area contributed by atoms with Gasteiger partial charge in [0.25, 0.3) is 0 Å². The number of hydrogen-bond donors (Lipinski definition) is 0. The van der Waals surface area contributed by atoms with E-state index in [0.29, 0.717) is 11.6 Å². The van der Waals surface area contributed by atoms with E-state index in [2.05, 4.69) is 363 Å². The molecule has 0 fully saturated rings. The van der Waals surface area contributed by atoms with Gasteiger partial charge >= 0.3 is 0 Å². The molecule has 0 radical (unpaired) electrons. The van der Waals surface area contributed by atoms with E-state index in [9.17, 15) is 0 Å². The van der Waals surface area contributed by atoms with Gasteiger partial charge in [-0.25, -0.2) is 19.9 Å². The van der Waals surface area contributed by atoms with Crippen molar-refractivity contribution in [3.8, 4) is 134 Å². The van der Waals surface area contributed by atoms with E-state index in [1.54, 1.807) is 0 Å². The molecule has 1 aliphatic rings. The van der Waals surface area contributed by atoms with Crippen molar-refractivity contribution in [3.05, 3.63) is 357 Å². The lowest BCUT2D eigenvalue weighted by atomic mass is 9.82. The fourth-order valence-electron chi connectivity index (χ4n) is 16.3. The van der Waals surface area contributed by atoms with E-state index in [1.807, 2.05) is 28.9 Å². The van der Waals surface area contributed by atoms with Gasteiger partial charge in [-0.1, -0.05) is 244 Å². The van der Waals surface area contributed by atoms with Crippen LogP contribution in [0.5, 0.6) is 0 Å². The van der Waals surface area contributed by atoms with Gasteiger partial charge in [-0.05, 0) is 159 Å². The number of thiophene rings is 2. The van der Waals surface area contributed by atoms with E-state index in [4.69, 9.17) is 24.9 Å². The van der Waals surface area contributed by atoms with Crippen molar-refractivity contribution in [2.75, 3.05) is 0 Å². The monoisotopic (exact) mass is 1400 g/mol. The normalized spacial score (nSPS) is 12.5. The zero-order valence-corrected chi connectivity index (χ0v) is 60.0. The number of hydrogen-bond acceptors (Lipinski definition) is 7. The molecule has 0 spiro atoms. The summed E-state index contributed by atoms with van der Waals surface area (Å²) in [5.74, 6) is 1.33. The minimum absolute atomic E-state index is 0.169. The summed E-state index contributed by atoms with van der Waals surface area (Å²) in [6, 6.07) is 122. The summed E-state index contributed by atoms with van der Waals surface area (Å²) in [4.78, 5) is 29.6. The summed E-state index contributed by atoms with van der Waals surface area (Å²) in [5.41, 5.74) is 27.3. The van der Waals surface area contributed by atoms with Crippen LogP contribution in [0.25, 0.3) is 197 Å². The summed E-state index contributed by atoms with van der Waals surface area (Å²) < 4.78 is 7.30. The number of fused-ring (bicyclic) bond motifs is 11. The molecule has 107 heavy (non-hydrogen) atoms. The van der Waals surface area contributed by atoms with E-state index in [0.717, 1.165) is 128 Å². The first kappa shape index (κ1) is 62.3. The number of rotatable bonds is 12. The number of pyridine rings is 1. The highest BCUT2D eigenvalue weighted by Crippen LogP contribution is 2.53. The molecule has 7 nitrogen and oxygen atoms in total. The first-order valence-corrected chi connectivity index (χ1v) is 37.9. The Kier molecular flexibility index (Phi) is 14.5. The van der Waals surface area contributed by atoms with Gasteiger partial charge in [-0.2, -0.15) is 0 Å². The predicted octanol–water partition coefficient (Wildman–Crippen LogP) is 26.3. The quantitative estimate of drug-likeness (QED) is 0.122. The average Bonchev–Trinajstić information content (AvgIpc) is 1.59. The van der Waals surface area contributed by atoms with Crippen LogP contribution >= 0.6 is 22.7 Å². The molecule has 0 saturated carbocycles. The fraction of sp³-hybridized carbons (Fsp3) is 0.0306.